The second-order valence-electron chi connectivity index (χ2n) is 6.42. The molecule has 0 spiro atoms. The number of rotatable bonds is 9. The van der Waals surface area contributed by atoms with E-state index in [-0.39, 0.29) is 18.8 Å². The number of amides is 1. The van der Waals surface area contributed by atoms with E-state index in [4.69, 9.17) is 4.74 Å². The maximum atomic E-state index is 12.9. The summed E-state index contributed by atoms with van der Waals surface area (Å²) in [6.07, 6.45) is 1.60. The Labute approximate surface area is 175 Å². The summed E-state index contributed by atoms with van der Waals surface area (Å²) in [7, 11) is -2.16. The minimum atomic E-state index is -3.51. The SMILES string of the molecule is CCOC(=O)c1nc(N(CCc2ccccc2)C(=O)CN(C)S(C)(=O)=O)sc1C. The first kappa shape index (κ1) is 23.0. The first-order valence-corrected chi connectivity index (χ1v) is 11.7. The molecule has 0 aliphatic heterocycles. The molecule has 0 aliphatic rings. The average molecular weight is 440 g/mol. The van der Waals surface area contributed by atoms with Gasteiger partial charge in [0.2, 0.25) is 15.9 Å². The van der Waals surface area contributed by atoms with Crippen LogP contribution in [0.25, 0.3) is 0 Å². The van der Waals surface area contributed by atoms with Crippen LogP contribution in [0.5, 0.6) is 0 Å². The van der Waals surface area contributed by atoms with Crippen molar-refractivity contribution in [2.24, 2.45) is 0 Å². The number of carbonyl (C=O) groups is 2. The number of thiazole rings is 1. The second-order valence-corrected chi connectivity index (χ2v) is 9.69. The molecule has 0 saturated heterocycles. The normalized spacial score (nSPS) is 11.5. The molecule has 0 atom stereocenters. The molecular formula is C19H25N3O5S2. The number of esters is 1. The molecule has 1 aromatic carbocycles. The molecule has 0 saturated carbocycles. The van der Waals surface area contributed by atoms with E-state index in [0.717, 1.165) is 16.1 Å². The summed E-state index contributed by atoms with van der Waals surface area (Å²) in [6.45, 7) is 3.64. The lowest BCUT2D eigenvalue weighted by Gasteiger charge is -2.22. The van der Waals surface area contributed by atoms with Gasteiger partial charge in [0, 0.05) is 18.5 Å². The van der Waals surface area contributed by atoms with Gasteiger partial charge in [-0.2, -0.15) is 4.31 Å². The zero-order valence-electron chi connectivity index (χ0n) is 16.9. The minimum absolute atomic E-state index is 0.167. The van der Waals surface area contributed by atoms with Crippen LogP contribution >= 0.6 is 11.3 Å². The number of sulfonamides is 1. The van der Waals surface area contributed by atoms with Gasteiger partial charge >= 0.3 is 5.97 Å². The number of anilines is 1. The Morgan fingerprint density at radius 3 is 2.45 bits per heavy atom. The van der Waals surface area contributed by atoms with Gasteiger partial charge in [-0.1, -0.05) is 30.3 Å². The molecule has 29 heavy (non-hydrogen) atoms. The molecule has 2 aromatic rings. The number of likely N-dealkylation sites (N-methyl/N-ethyl adjacent to an activating group) is 1. The highest BCUT2D eigenvalue weighted by molar-refractivity contribution is 7.88. The predicted octanol–water partition coefficient (Wildman–Crippen LogP) is 2.10. The van der Waals surface area contributed by atoms with Crippen molar-refractivity contribution in [1.29, 1.82) is 0 Å². The fourth-order valence-electron chi connectivity index (χ4n) is 2.49. The van der Waals surface area contributed by atoms with Crippen LogP contribution in [-0.4, -0.2) is 62.6 Å². The van der Waals surface area contributed by atoms with Gasteiger partial charge in [0.15, 0.2) is 10.8 Å². The van der Waals surface area contributed by atoms with Crippen LogP contribution < -0.4 is 4.90 Å². The lowest BCUT2D eigenvalue weighted by molar-refractivity contribution is -0.118. The van der Waals surface area contributed by atoms with Gasteiger partial charge in [-0.15, -0.1) is 11.3 Å². The number of benzene rings is 1. The second kappa shape index (κ2) is 9.95. The van der Waals surface area contributed by atoms with Crippen molar-refractivity contribution in [3.63, 3.8) is 0 Å². The molecule has 0 unspecified atom stereocenters. The number of aromatic nitrogens is 1. The molecule has 0 aliphatic carbocycles. The third-order valence-corrected chi connectivity index (χ3v) is 6.43. The highest BCUT2D eigenvalue weighted by atomic mass is 32.2. The van der Waals surface area contributed by atoms with Crippen LogP contribution in [0.1, 0.15) is 27.9 Å². The molecule has 1 heterocycles. The van der Waals surface area contributed by atoms with E-state index in [1.54, 1.807) is 13.8 Å². The third kappa shape index (κ3) is 6.34. The Kier molecular flexibility index (Phi) is 7.88. The number of hydrogen-bond acceptors (Lipinski definition) is 7. The molecular weight excluding hydrogens is 414 g/mol. The summed E-state index contributed by atoms with van der Waals surface area (Å²) >= 11 is 1.20. The molecule has 0 N–H and O–H groups in total. The average Bonchev–Trinajstić information content (AvgIpc) is 3.03. The van der Waals surface area contributed by atoms with Crippen molar-refractivity contribution in [2.75, 3.05) is 37.9 Å². The Bertz CT molecular complexity index is 957. The van der Waals surface area contributed by atoms with E-state index in [9.17, 15) is 18.0 Å². The first-order chi connectivity index (χ1) is 13.6. The van der Waals surface area contributed by atoms with Crippen LogP contribution in [0.15, 0.2) is 30.3 Å². The maximum absolute atomic E-state index is 12.9. The Morgan fingerprint density at radius 2 is 1.86 bits per heavy atom. The van der Waals surface area contributed by atoms with E-state index in [2.05, 4.69) is 4.98 Å². The Morgan fingerprint density at radius 1 is 1.21 bits per heavy atom. The molecule has 0 bridgehead atoms. The molecule has 10 heteroatoms. The number of aryl methyl sites for hydroxylation is 1. The van der Waals surface area contributed by atoms with Crippen LogP contribution in [0.2, 0.25) is 0 Å². The van der Waals surface area contributed by atoms with E-state index in [1.807, 2.05) is 30.3 Å². The minimum Gasteiger partial charge on any atom is -0.461 e. The van der Waals surface area contributed by atoms with E-state index in [1.165, 1.54) is 23.3 Å². The zero-order chi connectivity index (χ0) is 21.6. The molecule has 8 nitrogen and oxygen atoms in total. The van der Waals surface area contributed by atoms with Gasteiger partial charge in [-0.25, -0.2) is 18.2 Å². The standard InChI is InChI=1S/C19H25N3O5S2/c1-5-27-18(24)17-14(2)28-19(20-17)22(12-11-15-9-7-6-8-10-15)16(23)13-21(3)29(4,25)26/h6-10H,5,11-13H2,1-4H3. The van der Waals surface area contributed by atoms with E-state index in [0.29, 0.717) is 23.0 Å². The number of ether oxygens (including phenoxy) is 1. The fourth-order valence-corrected chi connectivity index (χ4v) is 3.78. The molecule has 0 fully saturated rings. The van der Waals surface area contributed by atoms with Crippen molar-refractivity contribution in [3.05, 3.63) is 46.5 Å². The molecule has 158 valence electrons. The van der Waals surface area contributed by atoms with Gasteiger partial charge < -0.3 is 4.74 Å². The fraction of sp³-hybridized carbons (Fsp3) is 0.421. The van der Waals surface area contributed by atoms with Crippen LogP contribution in [0.4, 0.5) is 5.13 Å². The lowest BCUT2D eigenvalue weighted by Crippen LogP contribution is -2.42. The van der Waals surface area contributed by atoms with Crippen LogP contribution in [-0.2, 0) is 26.0 Å². The summed E-state index contributed by atoms with van der Waals surface area (Å²) < 4.78 is 29.4. The van der Waals surface area contributed by atoms with Gasteiger partial charge in [0.1, 0.15) is 0 Å². The zero-order valence-corrected chi connectivity index (χ0v) is 18.5. The molecule has 2 rings (SSSR count). The molecule has 0 radical (unpaired) electrons. The van der Waals surface area contributed by atoms with Crippen molar-refractivity contribution in [2.45, 2.75) is 20.3 Å². The highest BCUT2D eigenvalue weighted by Crippen LogP contribution is 2.27. The van der Waals surface area contributed by atoms with Gasteiger partial charge in [-0.05, 0) is 25.8 Å². The first-order valence-electron chi connectivity index (χ1n) is 9.03. The van der Waals surface area contributed by atoms with Crippen molar-refractivity contribution in [1.82, 2.24) is 9.29 Å². The summed E-state index contributed by atoms with van der Waals surface area (Å²) in [5, 5.41) is 0.341. The highest BCUT2D eigenvalue weighted by Gasteiger charge is 2.26. The summed E-state index contributed by atoms with van der Waals surface area (Å²) in [5.74, 6) is -0.964. The van der Waals surface area contributed by atoms with Crippen LogP contribution in [0.3, 0.4) is 0 Å². The Balaban J connectivity index is 2.29. The third-order valence-electron chi connectivity index (χ3n) is 4.18. The number of carbonyl (C=O) groups excluding carboxylic acids is 2. The molecule has 1 aromatic heterocycles. The van der Waals surface area contributed by atoms with Gasteiger partial charge in [-0.3, -0.25) is 9.69 Å². The quantitative estimate of drug-likeness (QED) is 0.555. The lowest BCUT2D eigenvalue weighted by atomic mass is 10.1. The summed E-state index contributed by atoms with van der Waals surface area (Å²) in [6, 6.07) is 9.62. The summed E-state index contributed by atoms with van der Waals surface area (Å²) in [4.78, 5) is 31.4. The Hall–Kier alpha value is -2.30. The maximum Gasteiger partial charge on any atom is 0.358 e. The van der Waals surface area contributed by atoms with E-state index < -0.39 is 21.9 Å². The topological polar surface area (TPSA) is 96.9 Å². The van der Waals surface area contributed by atoms with Crippen LogP contribution in [0, 0.1) is 6.92 Å². The van der Waals surface area contributed by atoms with Crippen molar-refractivity contribution in [3.8, 4) is 0 Å². The van der Waals surface area contributed by atoms with E-state index >= 15 is 0 Å². The van der Waals surface area contributed by atoms with Crippen molar-refractivity contribution >= 4 is 38.4 Å². The number of nitrogens with zero attached hydrogens (tertiary/aromatic N) is 3. The predicted molar refractivity (Wildman–Crippen MR) is 113 cm³/mol. The van der Waals surface area contributed by atoms with Gasteiger partial charge in [0.25, 0.3) is 0 Å². The number of hydrogen-bond donors (Lipinski definition) is 0. The smallest absolute Gasteiger partial charge is 0.358 e. The van der Waals surface area contributed by atoms with Crippen molar-refractivity contribution < 1.29 is 22.7 Å². The van der Waals surface area contributed by atoms with Gasteiger partial charge in [0.05, 0.1) is 19.4 Å². The largest absolute Gasteiger partial charge is 0.461 e. The monoisotopic (exact) mass is 439 g/mol. The molecule has 1 amide bonds. The summed E-state index contributed by atoms with van der Waals surface area (Å²) in [5.41, 5.74) is 1.20.